The van der Waals surface area contributed by atoms with Gasteiger partial charge in [0.05, 0.1) is 11.5 Å². The molecule has 1 fully saturated rings. The number of hydrogen-bond donors (Lipinski definition) is 0. The van der Waals surface area contributed by atoms with E-state index in [2.05, 4.69) is 0 Å². The van der Waals surface area contributed by atoms with E-state index in [1.165, 1.54) is 18.6 Å². The van der Waals surface area contributed by atoms with Gasteiger partial charge in [0.25, 0.3) is 0 Å². The Kier molecular flexibility index (Phi) is 6.14. The van der Waals surface area contributed by atoms with Gasteiger partial charge in [-0.15, -0.1) is 0 Å². The molecule has 2 rings (SSSR count). The van der Waals surface area contributed by atoms with Crippen LogP contribution in [0.5, 0.6) is 5.75 Å². The van der Waals surface area contributed by atoms with Gasteiger partial charge in [-0.05, 0) is 43.4 Å². The van der Waals surface area contributed by atoms with Gasteiger partial charge in [0, 0.05) is 25.2 Å². The Balaban J connectivity index is 2.09. The zero-order valence-corrected chi connectivity index (χ0v) is 13.4. The highest BCUT2D eigenvalue weighted by molar-refractivity contribution is 5.92. The van der Waals surface area contributed by atoms with Crippen molar-refractivity contribution in [3.63, 3.8) is 0 Å². The van der Waals surface area contributed by atoms with Crippen LogP contribution >= 0.6 is 0 Å². The lowest BCUT2D eigenvalue weighted by Crippen LogP contribution is -2.34. The molecule has 0 aliphatic carbocycles. The van der Waals surface area contributed by atoms with E-state index >= 15 is 0 Å². The number of amides is 1. The third-order valence-electron chi connectivity index (χ3n) is 3.73. The number of nitro groups is 1. The summed E-state index contributed by atoms with van der Waals surface area (Å²) in [7, 11) is 0. The van der Waals surface area contributed by atoms with Crippen LogP contribution in [0.15, 0.2) is 24.3 Å². The number of likely N-dealkylation sites (tertiary alicyclic amines) is 1. The van der Waals surface area contributed by atoms with Gasteiger partial charge >= 0.3 is 5.69 Å². The minimum atomic E-state index is -0.464. The van der Waals surface area contributed by atoms with Crippen LogP contribution in [0, 0.1) is 10.1 Å². The van der Waals surface area contributed by atoms with Crippen LogP contribution in [-0.4, -0.2) is 35.4 Å². The van der Waals surface area contributed by atoms with Crippen LogP contribution in [-0.2, 0) is 4.79 Å². The molecule has 0 unspecified atom stereocenters. The highest BCUT2D eigenvalue weighted by Gasteiger charge is 2.16. The van der Waals surface area contributed by atoms with Crippen LogP contribution in [0.4, 0.5) is 5.69 Å². The van der Waals surface area contributed by atoms with Gasteiger partial charge in [-0.3, -0.25) is 14.9 Å². The lowest BCUT2D eigenvalue weighted by Gasteiger charge is -2.25. The average Bonchev–Trinajstić information content (AvgIpc) is 2.58. The minimum absolute atomic E-state index is 0.0429. The Hall–Kier alpha value is -2.37. The average molecular weight is 318 g/mol. The molecule has 0 atom stereocenters. The second kappa shape index (κ2) is 8.31. The van der Waals surface area contributed by atoms with Crippen LogP contribution in [0.1, 0.15) is 38.2 Å². The standard InChI is InChI=1S/C17H22N2O4/c1-2-12-23-16-8-6-14(13-15(16)19(21)22)7-9-17(20)18-10-4-3-5-11-18/h6-9,13H,2-5,10-12H2,1H3/b9-7+. The first kappa shape index (κ1) is 17.0. The summed E-state index contributed by atoms with van der Waals surface area (Å²) in [5.74, 6) is 0.218. The van der Waals surface area contributed by atoms with Gasteiger partial charge in [-0.25, -0.2) is 0 Å². The molecule has 0 bridgehead atoms. The first-order valence-electron chi connectivity index (χ1n) is 8.00. The monoisotopic (exact) mass is 318 g/mol. The maximum absolute atomic E-state index is 12.1. The van der Waals surface area contributed by atoms with Crippen molar-refractivity contribution in [2.45, 2.75) is 32.6 Å². The number of hydrogen-bond acceptors (Lipinski definition) is 4. The molecule has 1 heterocycles. The molecule has 6 nitrogen and oxygen atoms in total. The maximum Gasteiger partial charge on any atom is 0.311 e. The molecule has 124 valence electrons. The summed E-state index contributed by atoms with van der Waals surface area (Å²) >= 11 is 0. The predicted octanol–water partition coefficient (Wildman–Crippen LogP) is 3.41. The first-order chi connectivity index (χ1) is 11.1. The summed E-state index contributed by atoms with van der Waals surface area (Å²) in [6, 6.07) is 4.74. The third kappa shape index (κ3) is 4.81. The Morgan fingerprint density at radius 2 is 2.09 bits per heavy atom. The Bertz CT molecular complexity index is 592. The molecule has 0 spiro atoms. The lowest BCUT2D eigenvalue weighted by atomic mass is 10.1. The van der Waals surface area contributed by atoms with E-state index in [9.17, 15) is 14.9 Å². The second-order valence-electron chi connectivity index (χ2n) is 5.55. The quantitative estimate of drug-likeness (QED) is 0.458. The number of carbonyl (C=O) groups is 1. The van der Waals surface area contributed by atoms with E-state index in [1.807, 2.05) is 11.8 Å². The Morgan fingerprint density at radius 1 is 1.35 bits per heavy atom. The van der Waals surface area contributed by atoms with Gasteiger partial charge < -0.3 is 9.64 Å². The molecule has 23 heavy (non-hydrogen) atoms. The Morgan fingerprint density at radius 3 is 2.74 bits per heavy atom. The normalized spacial score (nSPS) is 14.9. The van der Waals surface area contributed by atoms with Crippen molar-refractivity contribution in [2.75, 3.05) is 19.7 Å². The third-order valence-corrected chi connectivity index (χ3v) is 3.73. The fourth-order valence-electron chi connectivity index (χ4n) is 2.50. The van der Waals surface area contributed by atoms with Crippen LogP contribution in [0.3, 0.4) is 0 Å². The molecule has 1 aromatic carbocycles. The predicted molar refractivity (Wildman–Crippen MR) is 88.3 cm³/mol. The van der Waals surface area contributed by atoms with E-state index in [-0.39, 0.29) is 17.3 Å². The van der Waals surface area contributed by atoms with E-state index in [0.29, 0.717) is 12.2 Å². The molecule has 0 saturated carbocycles. The largest absolute Gasteiger partial charge is 0.487 e. The van der Waals surface area contributed by atoms with E-state index in [0.717, 1.165) is 32.4 Å². The van der Waals surface area contributed by atoms with Crippen molar-refractivity contribution < 1.29 is 14.5 Å². The molecule has 6 heteroatoms. The molecule has 1 amide bonds. The fourth-order valence-corrected chi connectivity index (χ4v) is 2.50. The topological polar surface area (TPSA) is 72.7 Å². The number of piperidine rings is 1. The molecular formula is C17H22N2O4. The number of rotatable bonds is 6. The van der Waals surface area contributed by atoms with Crippen molar-refractivity contribution in [1.82, 2.24) is 4.90 Å². The van der Waals surface area contributed by atoms with Crippen molar-refractivity contribution in [1.29, 1.82) is 0 Å². The molecule has 0 N–H and O–H groups in total. The molecular weight excluding hydrogens is 296 g/mol. The summed E-state index contributed by atoms with van der Waals surface area (Å²) in [6.07, 6.45) is 7.12. The van der Waals surface area contributed by atoms with Gasteiger partial charge in [0.1, 0.15) is 0 Å². The molecule has 0 aromatic heterocycles. The number of ether oxygens (including phenoxy) is 1. The van der Waals surface area contributed by atoms with Crippen molar-refractivity contribution >= 4 is 17.7 Å². The summed E-state index contributed by atoms with van der Waals surface area (Å²) in [6.45, 7) is 3.94. The summed E-state index contributed by atoms with van der Waals surface area (Å²) in [5, 5.41) is 11.1. The fraction of sp³-hybridized carbons (Fsp3) is 0.471. The van der Waals surface area contributed by atoms with Crippen LogP contribution in [0.2, 0.25) is 0 Å². The second-order valence-corrected chi connectivity index (χ2v) is 5.55. The SMILES string of the molecule is CCCOc1ccc(/C=C/C(=O)N2CCCCC2)cc1[N+](=O)[O-]. The van der Waals surface area contributed by atoms with E-state index < -0.39 is 4.92 Å². The first-order valence-corrected chi connectivity index (χ1v) is 8.00. The van der Waals surface area contributed by atoms with Crippen LogP contribution in [0.25, 0.3) is 6.08 Å². The summed E-state index contributed by atoms with van der Waals surface area (Å²) in [4.78, 5) is 24.6. The minimum Gasteiger partial charge on any atom is -0.487 e. The number of nitro benzene ring substituents is 1. The highest BCUT2D eigenvalue weighted by atomic mass is 16.6. The number of benzene rings is 1. The van der Waals surface area contributed by atoms with Gasteiger partial charge in [0.15, 0.2) is 5.75 Å². The zero-order chi connectivity index (χ0) is 16.7. The number of carbonyl (C=O) groups excluding carboxylic acids is 1. The molecule has 0 radical (unpaired) electrons. The molecule has 1 aliphatic heterocycles. The highest BCUT2D eigenvalue weighted by Crippen LogP contribution is 2.28. The van der Waals surface area contributed by atoms with E-state index in [1.54, 1.807) is 18.2 Å². The molecule has 1 aromatic rings. The lowest BCUT2D eigenvalue weighted by molar-refractivity contribution is -0.385. The van der Waals surface area contributed by atoms with Gasteiger partial charge in [0.2, 0.25) is 5.91 Å². The van der Waals surface area contributed by atoms with Crippen molar-refractivity contribution in [2.24, 2.45) is 0 Å². The maximum atomic E-state index is 12.1. The molecule has 1 saturated heterocycles. The van der Waals surface area contributed by atoms with E-state index in [4.69, 9.17) is 4.74 Å². The summed E-state index contributed by atoms with van der Waals surface area (Å²) in [5.41, 5.74) is 0.539. The smallest absolute Gasteiger partial charge is 0.311 e. The van der Waals surface area contributed by atoms with Gasteiger partial charge in [-0.2, -0.15) is 0 Å². The van der Waals surface area contributed by atoms with Crippen molar-refractivity contribution in [3.05, 3.63) is 40.0 Å². The van der Waals surface area contributed by atoms with Gasteiger partial charge in [-0.1, -0.05) is 13.0 Å². The van der Waals surface area contributed by atoms with Crippen LogP contribution < -0.4 is 4.74 Å². The van der Waals surface area contributed by atoms with Crippen molar-refractivity contribution in [3.8, 4) is 5.75 Å². The summed E-state index contributed by atoms with van der Waals surface area (Å²) < 4.78 is 5.38. The zero-order valence-electron chi connectivity index (χ0n) is 13.4. The number of nitrogens with zero attached hydrogens (tertiary/aromatic N) is 2. The molecule has 1 aliphatic rings. The Labute approximate surface area is 135 Å².